The van der Waals surface area contributed by atoms with Gasteiger partial charge in [-0.05, 0) is 36.6 Å². The highest BCUT2D eigenvalue weighted by Gasteiger charge is 2.15. The van der Waals surface area contributed by atoms with Gasteiger partial charge >= 0.3 is 0 Å². The quantitative estimate of drug-likeness (QED) is 0.193. The predicted octanol–water partition coefficient (Wildman–Crippen LogP) is 5.67. The van der Waals surface area contributed by atoms with E-state index in [-0.39, 0.29) is 10.6 Å². The topological polar surface area (TPSA) is 52.0 Å². The van der Waals surface area contributed by atoms with Crippen LogP contribution in [0.15, 0.2) is 97.3 Å². The number of benzene rings is 3. The number of fused-ring (bicyclic) bond motifs is 3. The van der Waals surface area contributed by atoms with Crippen LogP contribution in [0, 0.1) is 10.1 Å². The summed E-state index contributed by atoms with van der Waals surface area (Å²) in [6.07, 6.45) is 6.39. The molecule has 0 bridgehead atoms. The molecule has 32 heavy (non-hydrogen) atoms. The molecule has 0 amide bonds. The number of non-ortho nitro benzene ring substituents is 1. The number of hydrogen-bond donors (Lipinski definition) is 0. The fourth-order valence-corrected chi connectivity index (χ4v) is 4.39. The van der Waals surface area contributed by atoms with Crippen LogP contribution >= 0.6 is 0 Å². The molecule has 0 aliphatic carbocycles. The molecule has 2 heterocycles. The van der Waals surface area contributed by atoms with Crippen LogP contribution in [0.4, 0.5) is 5.69 Å². The summed E-state index contributed by atoms with van der Waals surface area (Å²) in [5, 5.41) is 13.4. The van der Waals surface area contributed by atoms with E-state index in [0.29, 0.717) is 6.54 Å². The van der Waals surface area contributed by atoms with Gasteiger partial charge in [0.1, 0.15) is 5.52 Å². The molecule has 0 fully saturated rings. The summed E-state index contributed by atoms with van der Waals surface area (Å²) in [6.45, 7) is 1.61. The molecule has 2 aromatic heterocycles. The number of hydrogen-bond acceptors (Lipinski definition) is 2. The van der Waals surface area contributed by atoms with Crippen LogP contribution in [0.5, 0.6) is 0 Å². The van der Waals surface area contributed by atoms with E-state index < -0.39 is 0 Å². The molecule has 0 saturated heterocycles. The van der Waals surface area contributed by atoms with Gasteiger partial charge in [0.15, 0.2) is 18.9 Å². The van der Waals surface area contributed by atoms with Crippen molar-refractivity contribution in [2.24, 2.45) is 0 Å². The molecule has 0 radical (unpaired) electrons. The molecule has 0 aliphatic rings. The molecule has 5 rings (SSSR count). The van der Waals surface area contributed by atoms with E-state index in [0.717, 1.165) is 24.9 Å². The van der Waals surface area contributed by atoms with E-state index >= 15 is 0 Å². The highest BCUT2D eigenvalue weighted by atomic mass is 16.6. The van der Waals surface area contributed by atoms with Crippen LogP contribution in [0.1, 0.15) is 17.5 Å². The first kappa shape index (κ1) is 19.9. The fraction of sp³-hybridized carbons (Fsp3) is 0.148. The van der Waals surface area contributed by atoms with Gasteiger partial charge in [0, 0.05) is 46.6 Å². The Morgan fingerprint density at radius 1 is 0.781 bits per heavy atom. The number of aryl methyl sites for hydroxylation is 2. The molecule has 0 aliphatic heterocycles. The van der Waals surface area contributed by atoms with Gasteiger partial charge in [0.25, 0.3) is 5.69 Å². The van der Waals surface area contributed by atoms with Crippen LogP contribution in [0.3, 0.4) is 0 Å². The lowest BCUT2D eigenvalue weighted by molar-refractivity contribution is -0.687. The molecule has 0 saturated carbocycles. The summed E-state index contributed by atoms with van der Waals surface area (Å²) in [6, 6.07) is 28.1. The second kappa shape index (κ2) is 8.63. The number of pyridine rings is 1. The lowest BCUT2D eigenvalue weighted by Gasteiger charge is -2.07. The van der Waals surface area contributed by atoms with E-state index in [4.69, 9.17) is 0 Å². The summed E-state index contributed by atoms with van der Waals surface area (Å²) in [5.74, 6) is 0. The van der Waals surface area contributed by atoms with E-state index in [1.54, 1.807) is 12.1 Å². The Labute approximate surface area is 186 Å². The van der Waals surface area contributed by atoms with Gasteiger partial charge in [-0.1, -0.05) is 48.5 Å². The van der Waals surface area contributed by atoms with E-state index in [2.05, 4.69) is 82.2 Å². The largest absolute Gasteiger partial charge is 0.336 e. The van der Waals surface area contributed by atoms with Crippen LogP contribution in [0.25, 0.3) is 21.8 Å². The Morgan fingerprint density at radius 2 is 1.50 bits per heavy atom. The number of para-hydroxylation sites is 1. The van der Waals surface area contributed by atoms with Gasteiger partial charge in [-0.2, -0.15) is 4.57 Å². The SMILES string of the molecule is O=[N+]([O-])c1ccc(C[n+]2ccc3c4ccccc4n(CCCc4ccccc4)c3c2)cc1. The lowest BCUT2D eigenvalue weighted by atomic mass is 10.1. The van der Waals surface area contributed by atoms with Crippen molar-refractivity contribution in [3.8, 4) is 0 Å². The molecule has 0 unspecified atom stereocenters. The monoisotopic (exact) mass is 422 g/mol. The molecular weight excluding hydrogens is 398 g/mol. The van der Waals surface area contributed by atoms with Crippen molar-refractivity contribution in [1.29, 1.82) is 0 Å². The number of rotatable bonds is 7. The maximum atomic E-state index is 10.9. The van der Waals surface area contributed by atoms with Gasteiger partial charge in [0.05, 0.1) is 4.92 Å². The molecular formula is C27H24N3O2+. The number of nitro benzene ring substituents is 1. The summed E-state index contributed by atoms with van der Waals surface area (Å²) < 4.78 is 4.57. The van der Waals surface area contributed by atoms with Crippen LogP contribution in [-0.2, 0) is 19.5 Å². The smallest absolute Gasteiger partial charge is 0.269 e. The van der Waals surface area contributed by atoms with Crippen molar-refractivity contribution < 1.29 is 9.49 Å². The second-order valence-electron chi connectivity index (χ2n) is 8.10. The van der Waals surface area contributed by atoms with Gasteiger partial charge in [0.2, 0.25) is 0 Å². The molecule has 5 heteroatoms. The third kappa shape index (κ3) is 3.97. The van der Waals surface area contributed by atoms with E-state index in [1.165, 1.54) is 27.4 Å². The number of nitrogens with zero attached hydrogens (tertiary/aromatic N) is 3. The lowest BCUT2D eigenvalue weighted by Crippen LogP contribution is -2.33. The molecule has 0 atom stereocenters. The first-order valence-corrected chi connectivity index (χ1v) is 10.9. The molecule has 5 aromatic rings. The van der Waals surface area contributed by atoms with Crippen molar-refractivity contribution in [3.05, 3.63) is 119 Å². The minimum absolute atomic E-state index is 0.118. The third-order valence-corrected chi connectivity index (χ3v) is 5.97. The Bertz CT molecular complexity index is 1390. The number of nitro groups is 1. The Kier molecular flexibility index (Phi) is 5.38. The standard InChI is InChI=1S/C27H24N3O2/c31-30(32)23-14-12-22(13-15-23)19-28-18-16-25-24-10-4-5-11-26(24)29(27(25)20-28)17-6-9-21-7-2-1-3-8-21/h1-5,7-8,10-16,18,20H,6,9,17,19H2/q+1. The minimum Gasteiger partial charge on any atom is -0.336 e. The summed E-state index contributed by atoms with van der Waals surface area (Å²) in [4.78, 5) is 10.5. The van der Waals surface area contributed by atoms with Crippen molar-refractivity contribution in [2.45, 2.75) is 25.9 Å². The average Bonchev–Trinajstić information content (AvgIpc) is 3.13. The zero-order valence-corrected chi connectivity index (χ0v) is 17.7. The Hall–Kier alpha value is -3.99. The molecule has 158 valence electrons. The average molecular weight is 423 g/mol. The fourth-order valence-electron chi connectivity index (χ4n) is 4.39. The summed E-state index contributed by atoms with van der Waals surface area (Å²) >= 11 is 0. The Balaban J connectivity index is 1.46. The highest BCUT2D eigenvalue weighted by Crippen LogP contribution is 2.28. The maximum Gasteiger partial charge on any atom is 0.269 e. The maximum absolute atomic E-state index is 10.9. The van der Waals surface area contributed by atoms with Crippen LogP contribution in [0.2, 0.25) is 0 Å². The zero-order valence-electron chi connectivity index (χ0n) is 17.7. The van der Waals surface area contributed by atoms with Crippen molar-refractivity contribution in [3.63, 3.8) is 0 Å². The van der Waals surface area contributed by atoms with Gasteiger partial charge in [-0.25, -0.2) is 0 Å². The summed E-state index contributed by atoms with van der Waals surface area (Å²) in [5.41, 5.74) is 4.98. The molecule has 3 aromatic carbocycles. The highest BCUT2D eigenvalue weighted by molar-refractivity contribution is 6.07. The van der Waals surface area contributed by atoms with Gasteiger partial charge in [-0.3, -0.25) is 10.1 Å². The van der Waals surface area contributed by atoms with Crippen LogP contribution < -0.4 is 4.57 Å². The van der Waals surface area contributed by atoms with E-state index in [1.807, 2.05) is 12.1 Å². The molecule has 0 spiro atoms. The molecule has 5 nitrogen and oxygen atoms in total. The number of aromatic nitrogens is 2. The Morgan fingerprint density at radius 3 is 2.28 bits per heavy atom. The molecule has 0 N–H and O–H groups in total. The van der Waals surface area contributed by atoms with Crippen molar-refractivity contribution >= 4 is 27.5 Å². The third-order valence-electron chi connectivity index (χ3n) is 5.97. The first-order chi connectivity index (χ1) is 15.7. The van der Waals surface area contributed by atoms with Gasteiger partial charge < -0.3 is 4.57 Å². The van der Waals surface area contributed by atoms with E-state index in [9.17, 15) is 10.1 Å². The first-order valence-electron chi connectivity index (χ1n) is 10.9. The minimum atomic E-state index is -0.364. The predicted molar refractivity (Wildman–Crippen MR) is 127 cm³/mol. The van der Waals surface area contributed by atoms with Gasteiger partial charge in [-0.15, -0.1) is 0 Å². The van der Waals surface area contributed by atoms with Crippen molar-refractivity contribution in [1.82, 2.24) is 4.57 Å². The van der Waals surface area contributed by atoms with Crippen molar-refractivity contribution in [2.75, 3.05) is 0 Å². The zero-order chi connectivity index (χ0) is 21.9. The normalized spacial score (nSPS) is 11.2. The van der Waals surface area contributed by atoms with Crippen LogP contribution in [-0.4, -0.2) is 9.49 Å². The second-order valence-corrected chi connectivity index (χ2v) is 8.10. The summed E-state index contributed by atoms with van der Waals surface area (Å²) in [7, 11) is 0.